The van der Waals surface area contributed by atoms with Gasteiger partial charge in [-0.15, -0.1) is 0 Å². The van der Waals surface area contributed by atoms with Crippen LogP contribution in [0.3, 0.4) is 0 Å². The summed E-state index contributed by atoms with van der Waals surface area (Å²) in [6.07, 6.45) is 4.71. The van der Waals surface area contributed by atoms with Gasteiger partial charge in [-0.1, -0.05) is 19.8 Å². The van der Waals surface area contributed by atoms with Gasteiger partial charge in [0.05, 0.1) is 7.11 Å². The minimum Gasteiger partial charge on any atom is -0.495 e. The van der Waals surface area contributed by atoms with Gasteiger partial charge >= 0.3 is 0 Å². The van der Waals surface area contributed by atoms with E-state index in [9.17, 15) is 5.11 Å². The number of hydrogen-bond donors (Lipinski definition) is 1. The minimum atomic E-state index is -0.492. The van der Waals surface area contributed by atoms with Gasteiger partial charge in [-0.25, -0.2) is 0 Å². The summed E-state index contributed by atoms with van der Waals surface area (Å²) < 4.78 is 5.24. The highest BCUT2D eigenvalue weighted by atomic mass is 16.5. The molecule has 0 radical (unpaired) electrons. The molecule has 1 aromatic rings. The number of nitrogens with zero attached hydrogens (tertiary/aromatic N) is 1. The van der Waals surface area contributed by atoms with Crippen LogP contribution < -0.4 is 4.74 Å². The molecule has 1 aromatic heterocycles. The largest absolute Gasteiger partial charge is 0.495 e. The van der Waals surface area contributed by atoms with Crippen molar-refractivity contribution in [3.63, 3.8) is 0 Å². The summed E-state index contributed by atoms with van der Waals surface area (Å²) in [5.41, 5.74) is 0.684. The third kappa shape index (κ3) is 2.05. The van der Waals surface area contributed by atoms with Crippen LogP contribution in [0.2, 0.25) is 0 Å². The number of rotatable bonds is 3. The van der Waals surface area contributed by atoms with Gasteiger partial charge in [-0.2, -0.15) is 0 Å². The van der Waals surface area contributed by atoms with Crippen LogP contribution in [-0.2, 0) is 0 Å². The summed E-state index contributed by atoms with van der Waals surface area (Å²) in [4.78, 5) is 4.25. The Kier molecular flexibility index (Phi) is 3.44. The van der Waals surface area contributed by atoms with Crippen molar-refractivity contribution in [1.29, 1.82) is 0 Å². The fourth-order valence-corrected chi connectivity index (χ4v) is 2.64. The van der Waals surface area contributed by atoms with Crippen LogP contribution in [0.4, 0.5) is 0 Å². The van der Waals surface area contributed by atoms with E-state index in [2.05, 4.69) is 11.9 Å². The minimum absolute atomic E-state index is 0.323. The van der Waals surface area contributed by atoms with E-state index in [0.29, 0.717) is 23.3 Å². The van der Waals surface area contributed by atoms with Gasteiger partial charge in [-0.3, -0.25) is 4.98 Å². The first-order valence-electron chi connectivity index (χ1n) is 5.91. The molecule has 0 aliphatic heterocycles. The average Bonchev–Trinajstić information content (AvgIpc) is 2.74. The van der Waals surface area contributed by atoms with E-state index in [1.165, 1.54) is 12.8 Å². The molecule has 3 atom stereocenters. The summed E-state index contributed by atoms with van der Waals surface area (Å²) >= 11 is 0. The van der Waals surface area contributed by atoms with E-state index < -0.39 is 6.10 Å². The Bertz CT molecular complexity index is 354. The number of ether oxygens (including phenoxy) is 1. The zero-order valence-electron chi connectivity index (χ0n) is 9.89. The molecule has 0 saturated heterocycles. The molecule has 0 bridgehead atoms. The zero-order chi connectivity index (χ0) is 11.5. The molecule has 1 saturated carbocycles. The van der Waals surface area contributed by atoms with Crippen molar-refractivity contribution in [2.45, 2.75) is 32.3 Å². The highest BCUT2D eigenvalue weighted by Gasteiger charge is 2.32. The Labute approximate surface area is 96.5 Å². The number of pyridine rings is 1. The van der Waals surface area contributed by atoms with Crippen molar-refractivity contribution in [3.8, 4) is 5.75 Å². The molecule has 1 N–H and O–H groups in total. The molecule has 0 spiro atoms. The van der Waals surface area contributed by atoms with Crippen LogP contribution >= 0.6 is 0 Å². The molecule has 1 aliphatic carbocycles. The molecule has 3 heteroatoms. The molecule has 1 fully saturated rings. The van der Waals surface area contributed by atoms with Gasteiger partial charge in [0.2, 0.25) is 0 Å². The molecule has 2 rings (SSSR count). The lowest BCUT2D eigenvalue weighted by molar-refractivity contribution is 0.0834. The lowest BCUT2D eigenvalue weighted by Gasteiger charge is -2.22. The molecule has 0 amide bonds. The predicted molar refractivity (Wildman–Crippen MR) is 62.3 cm³/mol. The summed E-state index contributed by atoms with van der Waals surface area (Å²) in [7, 11) is 1.62. The first kappa shape index (κ1) is 11.4. The number of aliphatic hydroxyl groups is 1. The van der Waals surface area contributed by atoms with Gasteiger partial charge in [0, 0.05) is 6.20 Å². The Morgan fingerprint density at radius 2 is 2.31 bits per heavy atom. The second-order valence-electron chi connectivity index (χ2n) is 4.61. The normalized spacial score (nSPS) is 26.7. The van der Waals surface area contributed by atoms with Crippen molar-refractivity contribution in [1.82, 2.24) is 4.98 Å². The maximum atomic E-state index is 10.4. The third-order valence-corrected chi connectivity index (χ3v) is 3.63. The molecule has 0 aromatic carbocycles. The fourth-order valence-electron chi connectivity index (χ4n) is 2.64. The van der Waals surface area contributed by atoms with E-state index in [1.54, 1.807) is 13.3 Å². The second kappa shape index (κ2) is 4.83. The molecule has 88 valence electrons. The maximum absolute atomic E-state index is 10.4. The first-order valence-corrected chi connectivity index (χ1v) is 5.91. The zero-order valence-corrected chi connectivity index (χ0v) is 9.89. The van der Waals surface area contributed by atoms with Crippen molar-refractivity contribution in [3.05, 3.63) is 24.0 Å². The topological polar surface area (TPSA) is 42.4 Å². The van der Waals surface area contributed by atoms with Crippen molar-refractivity contribution in [2.24, 2.45) is 11.8 Å². The number of methoxy groups -OCH3 is 1. The number of aromatic nitrogens is 1. The smallest absolute Gasteiger partial charge is 0.143 e. The van der Waals surface area contributed by atoms with Crippen LogP contribution in [-0.4, -0.2) is 17.2 Å². The Hall–Kier alpha value is -1.09. The standard InChI is InChI=1S/C13H19NO2/c1-9-5-3-6-10(9)13(15)12-11(16-2)7-4-8-14-12/h4,7-10,13,15H,3,5-6H2,1-2H3. The van der Waals surface area contributed by atoms with E-state index in [-0.39, 0.29) is 0 Å². The van der Waals surface area contributed by atoms with Gasteiger partial charge < -0.3 is 9.84 Å². The van der Waals surface area contributed by atoms with E-state index in [1.807, 2.05) is 12.1 Å². The first-order chi connectivity index (χ1) is 7.74. The number of hydrogen-bond acceptors (Lipinski definition) is 3. The molecule has 1 aliphatic rings. The summed E-state index contributed by atoms with van der Waals surface area (Å²) in [6, 6.07) is 3.68. The Morgan fingerprint density at radius 3 is 2.94 bits per heavy atom. The fraction of sp³-hybridized carbons (Fsp3) is 0.615. The van der Waals surface area contributed by atoms with Gasteiger partial charge in [-0.05, 0) is 30.4 Å². The Balaban J connectivity index is 2.22. The SMILES string of the molecule is COc1cccnc1C(O)C1CCCC1C. The summed E-state index contributed by atoms with van der Waals surface area (Å²) in [5, 5.41) is 10.4. The third-order valence-electron chi connectivity index (χ3n) is 3.63. The van der Waals surface area contributed by atoms with Crippen LogP contribution in [0, 0.1) is 11.8 Å². The monoisotopic (exact) mass is 221 g/mol. The van der Waals surface area contributed by atoms with Crippen molar-refractivity contribution >= 4 is 0 Å². The lowest BCUT2D eigenvalue weighted by Crippen LogP contribution is -2.17. The molecular formula is C13H19NO2. The summed E-state index contributed by atoms with van der Waals surface area (Å²) in [6.45, 7) is 2.20. The highest BCUT2D eigenvalue weighted by molar-refractivity contribution is 5.29. The van der Waals surface area contributed by atoms with Crippen molar-refractivity contribution in [2.75, 3.05) is 7.11 Å². The van der Waals surface area contributed by atoms with Gasteiger partial charge in [0.15, 0.2) is 0 Å². The molecule has 1 heterocycles. The molecule has 3 nitrogen and oxygen atoms in total. The highest BCUT2D eigenvalue weighted by Crippen LogP contribution is 2.41. The maximum Gasteiger partial charge on any atom is 0.143 e. The van der Waals surface area contributed by atoms with Crippen LogP contribution in [0.15, 0.2) is 18.3 Å². The quantitative estimate of drug-likeness (QED) is 0.853. The summed E-state index contributed by atoms with van der Waals surface area (Å²) in [5.74, 6) is 1.58. The Morgan fingerprint density at radius 1 is 1.50 bits per heavy atom. The molecule has 3 unspecified atom stereocenters. The van der Waals surface area contributed by atoms with Gasteiger partial charge in [0.25, 0.3) is 0 Å². The molecule has 16 heavy (non-hydrogen) atoms. The van der Waals surface area contributed by atoms with Crippen LogP contribution in [0.1, 0.15) is 38.0 Å². The second-order valence-corrected chi connectivity index (χ2v) is 4.61. The van der Waals surface area contributed by atoms with Gasteiger partial charge in [0.1, 0.15) is 17.5 Å². The van der Waals surface area contributed by atoms with Crippen molar-refractivity contribution < 1.29 is 9.84 Å². The van der Waals surface area contributed by atoms with Crippen LogP contribution in [0.25, 0.3) is 0 Å². The predicted octanol–water partition coefficient (Wildman–Crippen LogP) is 2.56. The lowest BCUT2D eigenvalue weighted by atomic mass is 9.90. The average molecular weight is 221 g/mol. The van der Waals surface area contributed by atoms with Crippen LogP contribution in [0.5, 0.6) is 5.75 Å². The number of aliphatic hydroxyl groups excluding tert-OH is 1. The van der Waals surface area contributed by atoms with E-state index >= 15 is 0 Å². The molecular weight excluding hydrogens is 202 g/mol. The van der Waals surface area contributed by atoms with E-state index in [4.69, 9.17) is 4.74 Å². The van der Waals surface area contributed by atoms with E-state index in [0.717, 1.165) is 6.42 Å².